The minimum absolute atomic E-state index is 0.0285. The number of ether oxygens (including phenoxy) is 2. The van der Waals surface area contributed by atoms with Gasteiger partial charge in [0, 0.05) is 6.04 Å². The van der Waals surface area contributed by atoms with E-state index in [9.17, 15) is 29.7 Å². The number of aliphatic hydroxyl groups is 3. The number of fused-ring (bicyclic) bond motifs is 1. The van der Waals surface area contributed by atoms with E-state index in [1.54, 1.807) is 12.1 Å². The van der Waals surface area contributed by atoms with Crippen molar-refractivity contribution in [3.63, 3.8) is 0 Å². The van der Waals surface area contributed by atoms with Crippen LogP contribution in [0.5, 0.6) is 0 Å². The molecule has 38 heavy (non-hydrogen) atoms. The van der Waals surface area contributed by atoms with Gasteiger partial charge in [0.1, 0.15) is 29.9 Å². The van der Waals surface area contributed by atoms with E-state index < -0.39 is 57.0 Å². The van der Waals surface area contributed by atoms with Crippen molar-refractivity contribution in [2.24, 2.45) is 0 Å². The molecule has 18 heteroatoms. The van der Waals surface area contributed by atoms with Crippen LogP contribution in [-0.4, -0.2) is 103 Å². The molecule has 3 aromatic rings. The number of aliphatic hydroxyl groups excluding tert-OH is 3. The Kier molecular flexibility index (Phi) is 7.70. The maximum Gasteiger partial charge on any atom is 0.359 e. The van der Waals surface area contributed by atoms with Crippen LogP contribution in [0.25, 0.3) is 5.52 Å². The van der Waals surface area contributed by atoms with Gasteiger partial charge >= 0.3 is 7.60 Å². The van der Waals surface area contributed by atoms with Crippen LogP contribution in [0.1, 0.15) is 43.3 Å². The van der Waals surface area contributed by atoms with E-state index in [-0.39, 0.29) is 17.1 Å². The maximum absolute atomic E-state index is 12.3. The molecule has 1 aliphatic heterocycles. The maximum atomic E-state index is 12.3. The second kappa shape index (κ2) is 10.7. The van der Waals surface area contributed by atoms with Gasteiger partial charge in [0.2, 0.25) is 5.28 Å². The number of rotatable bonds is 10. The van der Waals surface area contributed by atoms with Crippen LogP contribution in [-0.2, 0) is 20.5 Å². The third kappa shape index (κ3) is 5.15. The molecule has 2 aliphatic rings. The highest BCUT2D eigenvalue weighted by Crippen LogP contribution is 2.53. The standard InChI is InChI=1S/C20H28ClN8O8P/c21-19-23-18(22-10-3-1-2-4-10)12-6-5-11(29(12)26-19)17-16(32)15(31)13(37-17)8-36-20(9-30,38(33,34)35)7-14-24-27-28-25-14/h5-6,10,13,15-17,30-32H,1-4,7-9H2,(H,22,23,26)(H2,33,34,35)(H,24,25,27,28)/t13-,15-,16-,17-,20?/m1/s1. The molecule has 0 bridgehead atoms. The molecule has 16 nitrogen and oxygen atoms in total. The third-order valence-corrected chi connectivity index (χ3v) is 8.63. The van der Waals surface area contributed by atoms with Crippen molar-refractivity contribution in [1.29, 1.82) is 0 Å². The molecule has 208 valence electrons. The van der Waals surface area contributed by atoms with Crippen LogP contribution in [0.2, 0.25) is 5.28 Å². The van der Waals surface area contributed by atoms with E-state index in [0.717, 1.165) is 25.7 Å². The van der Waals surface area contributed by atoms with Crippen molar-refractivity contribution < 1.29 is 39.1 Å². The van der Waals surface area contributed by atoms with Crippen molar-refractivity contribution in [2.75, 3.05) is 18.5 Å². The number of anilines is 1. The van der Waals surface area contributed by atoms with Gasteiger partial charge < -0.3 is 39.9 Å². The van der Waals surface area contributed by atoms with Crippen molar-refractivity contribution in [3.05, 3.63) is 28.9 Å². The van der Waals surface area contributed by atoms with Gasteiger partial charge in [-0.3, -0.25) is 4.57 Å². The lowest BCUT2D eigenvalue weighted by Gasteiger charge is -2.32. The summed E-state index contributed by atoms with van der Waals surface area (Å²) in [5.74, 6) is 0.429. The Morgan fingerprint density at radius 3 is 2.68 bits per heavy atom. The molecule has 0 amide bonds. The van der Waals surface area contributed by atoms with Gasteiger partial charge in [-0.15, -0.1) is 15.3 Å². The van der Waals surface area contributed by atoms with Gasteiger partial charge in [-0.25, -0.2) is 4.52 Å². The number of hydrogen-bond donors (Lipinski definition) is 7. The van der Waals surface area contributed by atoms with Crippen LogP contribution in [0.3, 0.4) is 0 Å². The summed E-state index contributed by atoms with van der Waals surface area (Å²) in [7, 11) is -5.10. The van der Waals surface area contributed by atoms with E-state index in [2.05, 4.69) is 36.0 Å². The molecular formula is C20H28ClN8O8P. The molecule has 0 radical (unpaired) electrons. The zero-order valence-corrected chi connectivity index (χ0v) is 21.6. The Morgan fingerprint density at radius 2 is 2.03 bits per heavy atom. The van der Waals surface area contributed by atoms with Crippen molar-refractivity contribution in [2.45, 2.75) is 67.9 Å². The Bertz CT molecular complexity index is 1300. The Balaban J connectivity index is 1.36. The SMILES string of the molecule is O=P(O)(O)C(CO)(Cc1nn[nH]n1)OC[C@H]1O[C@H](c2ccc3c(NC4CCCC4)nc(Cl)nn23)[C@H](O)[C@@H]1O. The number of hydrogen-bond acceptors (Lipinski definition) is 12. The molecular weight excluding hydrogens is 547 g/mol. The molecule has 1 unspecified atom stereocenters. The fourth-order valence-electron chi connectivity index (χ4n) is 4.88. The van der Waals surface area contributed by atoms with E-state index in [1.807, 2.05) is 0 Å². The van der Waals surface area contributed by atoms with Crippen LogP contribution in [0, 0.1) is 0 Å². The van der Waals surface area contributed by atoms with Gasteiger partial charge in [0.25, 0.3) is 0 Å². The third-order valence-electron chi connectivity index (χ3n) is 6.98. The normalized spacial score (nSPS) is 26.3. The number of nitrogens with zero attached hydrogens (tertiary/aromatic N) is 6. The van der Waals surface area contributed by atoms with E-state index >= 15 is 0 Å². The number of tetrazole rings is 1. The summed E-state index contributed by atoms with van der Waals surface area (Å²) in [5.41, 5.74) is 0.977. The van der Waals surface area contributed by atoms with Crippen molar-refractivity contribution in [1.82, 2.24) is 35.2 Å². The summed E-state index contributed by atoms with van der Waals surface area (Å²) in [5, 5.41) is 49.4. The Hall–Kier alpha value is -2.27. The molecule has 5 rings (SSSR count). The first kappa shape index (κ1) is 27.3. The molecule has 3 aromatic heterocycles. The van der Waals surface area contributed by atoms with Gasteiger partial charge in [0.15, 0.2) is 17.0 Å². The van der Waals surface area contributed by atoms with Crippen LogP contribution < -0.4 is 5.32 Å². The average Bonchev–Trinajstić information content (AvgIpc) is 3.67. The van der Waals surface area contributed by atoms with Crippen molar-refractivity contribution in [3.8, 4) is 0 Å². The van der Waals surface area contributed by atoms with Crippen molar-refractivity contribution >= 4 is 30.5 Å². The minimum atomic E-state index is -5.10. The Labute approximate surface area is 220 Å². The smallest absolute Gasteiger partial charge is 0.359 e. The lowest BCUT2D eigenvalue weighted by molar-refractivity contribution is -0.100. The van der Waals surface area contributed by atoms with Crippen LogP contribution in [0.15, 0.2) is 12.1 Å². The summed E-state index contributed by atoms with van der Waals surface area (Å²) in [4.78, 5) is 24.2. The summed E-state index contributed by atoms with van der Waals surface area (Å²) in [6, 6.07) is 3.66. The zero-order valence-electron chi connectivity index (χ0n) is 20.0. The van der Waals surface area contributed by atoms with E-state index in [0.29, 0.717) is 17.0 Å². The summed E-state index contributed by atoms with van der Waals surface area (Å²) in [6.45, 7) is -1.66. The van der Waals surface area contributed by atoms with Gasteiger partial charge in [-0.2, -0.15) is 10.2 Å². The fraction of sp³-hybridized carbons (Fsp3) is 0.650. The molecule has 7 N–H and O–H groups in total. The minimum Gasteiger partial charge on any atom is -0.393 e. The second-order valence-electron chi connectivity index (χ2n) is 9.45. The molecule has 1 aliphatic carbocycles. The lowest BCUT2D eigenvalue weighted by atomic mass is 10.1. The average molecular weight is 575 g/mol. The number of aromatic amines is 1. The van der Waals surface area contributed by atoms with Gasteiger partial charge in [0.05, 0.1) is 25.3 Å². The van der Waals surface area contributed by atoms with Gasteiger partial charge in [-0.1, -0.05) is 18.1 Å². The fourth-order valence-corrected chi connectivity index (χ4v) is 5.81. The van der Waals surface area contributed by atoms with Crippen LogP contribution >= 0.6 is 19.2 Å². The molecule has 0 spiro atoms. The first-order chi connectivity index (χ1) is 18.1. The molecule has 4 heterocycles. The zero-order chi connectivity index (χ0) is 27.1. The summed E-state index contributed by atoms with van der Waals surface area (Å²) >= 11 is 6.19. The predicted octanol–water partition coefficient (Wildman–Crippen LogP) is -0.462. The van der Waals surface area contributed by atoms with Crippen LogP contribution in [0.4, 0.5) is 5.82 Å². The number of aromatic nitrogens is 7. The summed E-state index contributed by atoms with van der Waals surface area (Å²) < 4.78 is 25.1. The quantitative estimate of drug-likeness (QED) is 0.152. The highest BCUT2D eigenvalue weighted by atomic mass is 35.5. The van der Waals surface area contributed by atoms with Gasteiger partial charge in [-0.05, 0) is 36.6 Å². The van der Waals surface area contributed by atoms with E-state index in [1.165, 1.54) is 4.52 Å². The lowest BCUT2D eigenvalue weighted by Crippen LogP contribution is -2.43. The highest BCUT2D eigenvalue weighted by Gasteiger charge is 2.52. The topological polar surface area (TPSA) is 233 Å². The molecule has 0 aromatic carbocycles. The Morgan fingerprint density at radius 1 is 1.26 bits per heavy atom. The monoisotopic (exact) mass is 574 g/mol. The molecule has 1 saturated heterocycles. The molecule has 5 atom stereocenters. The highest BCUT2D eigenvalue weighted by molar-refractivity contribution is 7.53. The summed E-state index contributed by atoms with van der Waals surface area (Å²) in [6.07, 6.45) is -1.52. The molecule has 1 saturated carbocycles. The first-order valence-electron chi connectivity index (χ1n) is 12.0. The molecule has 2 fully saturated rings. The predicted molar refractivity (Wildman–Crippen MR) is 129 cm³/mol. The first-order valence-corrected chi connectivity index (χ1v) is 14.0. The largest absolute Gasteiger partial charge is 0.393 e. The number of nitrogens with one attached hydrogen (secondary N) is 2. The number of halogens is 1. The number of H-pyrrole nitrogens is 1. The van der Waals surface area contributed by atoms with E-state index in [4.69, 9.17) is 21.1 Å². The second-order valence-corrected chi connectivity index (χ2v) is 11.7.